The number of benzene rings is 2. The minimum absolute atomic E-state index is 0.0576. The summed E-state index contributed by atoms with van der Waals surface area (Å²) in [4.78, 5) is 35.3. The Labute approximate surface area is 179 Å². The van der Waals surface area contributed by atoms with Crippen LogP contribution in [0.25, 0.3) is 10.9 Å². The molecule has 1 saturated heterocycles. The van der Waals surface area contributed by atoms with Crippen LogP contribution in [0.3, 0.4) is 0 Å². The van der Waals surface area contributed by atoms with Crippen LogP contribution in [0.4, 0.5) is 11.6 Å². The van der Waals surface area contributed by atoms with Gasteiger partial charge in [-0.05, 0) is 30.7 Å². The van der Waals surface area contributed by atoms with E-state index in [1.165, 1.54) is 13.2 Å². The highest BCUT2D eigenvalue weighted by atomic mass is 16.5. The number of amides is 2. The van der Waals surface area contributed by atoms with Crippen LogP contribution in [0.15, 0.2) is 61.3 Å². The molecule has 0 bridgehead atoms. The molecule has 1 fully saturated rings. The number of hydrogen-bond donors (Lipinski definition) is 2. The molecule has 8 heteroatoms. The van der Waals surface area contributed by atoms with Crippen LogP contribution in [-0.4, -0.2) is 52.9 Å². The SMILES string of the molecule is C=CC(=O)Nc1ccc(C(=O)N2CC[C@H](Nc3ncc4ccccc4n3)C2)c(OC)c1. The van der Waals surface area contributed by atoms with Crippen molar-refractivity contribution in [1.29, 1.82) is 0 Å². The van der Waals surface area contributed by atoms with Gasteiger partial charge in [0.25, 0.3) is 5.91 Å². The van der Waals surface area contributed by atoms with E-state index in [0.29, 0.717) is 36.0 Å². The minimum Gasteiger partial charge on any atom is -0.496 e. The Morgan fingerprint density at radius 1 is 1.26 bits per heavy atom. The topological polar surface area (TPSA) is 96.5 Å². The zero-order valence-corrected chi connectivity index (χ0v) is 17.2. The lowest BCUT2D eigenvalue weighted by Crippen LogP contribution is -2.32. The van der Waals surface area contributed by atoms with Gasteiger partial charge >= 0.3 is 0 Å². The Kier molecular flexibility index (Phi) is 5.79. The number of rotatable bonds is 6. The molecule has 3 aromatic rings. The molecule has 0 radical (unpaired) electrons. The number of para-hydroxylation sites is 1. The highest BCUT2D eigenvalue weighted by Crippen LogP contribution is 2.26. The zero-order chi connectivity index (χ0) is 21.8. The number of ether oxygens (including phenoxy) is 1. The van der Waals surface area contributed by atoms with E-state index in [-0.39, 0.29) is 17.9 Å². The van der Waals surface area contributed by atoms with Gasteiger partial charge in [0.1, 0.15) is 5.75 Å². The van der Waals surface area contributed by atoms with Crippen molar-refractivity contribution in [2.24, 2.45) is 0 Å². The Morgan fingerprint density at radius 3 is 2.90 bits per heavy atom. The number of carbonyl (C=O) groups is 2. The normalized spacial score (nSPS) is 15.5. The third-order valence-electron chi connectivity index (χ3n) is 5.18. The van der Waals surface area contributed by atoms with E-state index in [0.717, 1.165) is 17.3 Å². The molecule has 8 nitrogen and oxygen atoms in total. The van der Waals surface area contributed by atoms with Gasteiger partial charge in [0.15, 0.2) is 0 Å². The lowest BCUT2D eigenvalue weighted by molar-refractivity contribution is -0.111. The Balaban J connectivity index is 1.44. The summed E-state index contributed by atoms with van der Waals surface area (Å²) < 4.78 is 5.39. The zero-order valence-electron chi connectivity index (χ0n) is 17.2. The van der Waals surface area contributed by atoms with E-state index in [1.54, 1.807) is 29.3 Å². The van der Waals surface area contributed by atoms with Gasteiger partial charge in [-0.2, -0.15) is 0 Å². The fraction of sp³-hybridized carbons (Fsp3) is 0.217. The van der Waals surface area contributed by atoms with Crippen LogP contribution in [0.1, 0.15) is 16.8 Å². The van der Waals surface area contributed by atoms with Crippen LogP contribution >= 0.6 is 0 Å². The summed E-state index contributed by atoms with van der Waals surface area (Å²) in [5.41, 5.74) is 1.86. The second-order valence-corrected chi connectivity index (χ2v) is 7.24. The van der Waals surface area contributed by atoms with Gasteiger partial charge in [0, 0.05) is 42.5 Å². The number of nitrogens with one attached hydrogen (secondary N) is 2. The van der Waals surface area contributed by atoms with Gasteiger partial charge in [-0.25, -0.2) is 9.97 Å². The predicted molar refractivity (Wildman–Crippen MR) is 119 cm³/mol. The molecule has 1 aliphatic heterocycles. The molecule has 0 unspecified atom stereocenters. The largest absolute Gasteiger partial charge is 0.496 e. The third kappa shape index (κ3) is 4.48. The van der Waals surface area contributed by atoms with Crippen LogP contribution < -0.4 is 15.4 Å². The molecule has 2 amide bonds. The van der Waals surface area contributed by atoms with Gasteiger partial charge in [0.2, 0.25) is 11.9 Å². The fourth-order valence-corrected chi connectivity index (χ4v) is 3.60. The first kappa shape index (κ1) is 20.3. The first-order valence-corrected chi connectivity index (χ1v) is 9.96. The maximum absolute atomic E-state index is 13.1. The summed E-state index contributed by atoms with van der Waals surface area (Å²) in [6.07, 6.45) is 3.76. The van der Waals surface area contributed by atoms with Crippen molar-refractivity contribution in [1.82, 2.24) is 14.9 Å². The molecule has 0 saturated carbocycles. The molecule has 0 aliphatic carbocycles. The van der Waals surface area contributed by atoms with E-state index in [9.17, 15) is 9.59 Å². The number of likely N-dealkylation sites (tertiary alicyclic amines) is 1. The highest BCUT2D eigenvalue weighted by Gasteiger charge is 2.29. The van der Waals surface area contributed by atoms with Gasteiger partial charge in [-0.3, -0.25) is 9.59 Å². The molecular formula is C23H23N5O3. The standard InChI is InChI=1S/C23H23N5O3/c1-3-21(29)25-16-8-9-18(20(12-16)31-2)22(30)28-11-10-17(14-28)26-23-24-13-15-6-4-5-7-19(15)27-23/h3-9,12-13,17H,1,10-11,14H2,2H3,(H,25,29)(H,24,26,27)/t17-/m0/s1. The molecule has 2 N–H and O–H groups in total. The van der Waals surface area contributed by atoms with E-state index < -0.39 is 0 Å². The molecule has 1 aliphatic rings. The Morgan fingerprint density at radius 2 is 2.10 bits per heavy atom. The van der Waals surface area contributed by atoms with Crippen molar-refractivity contribution in [3.05, 3.63) is 66.9 Å². The summed E-state index contributed by atoms with van der Waals surface area (Å²) in [6.45, 7) is 4.58. The summed E-state index contributed by atoms with van der Waals surface area (Å²) in [5.74, 6) is 0.506. The highest BCUT2D eigenvalue weighted by molar-refractivity contribution is 6.01. The monoisotopic (exact) mass is 417 g/mol. The number of hydrogen-bond acceptors (Lipinski definition) is 6. The maximum Gasteiger partial charge on any atom is 0.257 e. The Bertz CT molecular complexity index is 1150. The number of fused-ring (bicyclic) bond motifs is 1. The number of methoxy groups -OCH3 is 1. The average molecular weight is 417 g/mol. The van der Waals surface area contributed by atoms with Gasteiger partial charge in [0.05, 0.1) is 18.2 Å². The number of carbonyl (C=O) groups excluding carboxylic acids is 2. The van der Waals surface area contributed by atoms with Crippen molar-refractivity contribution in [2.45, 2.75) is 12.5 Å². The second kappa shape index (κ2) is 8.83. The Hall–Kier alpha value is -3.94. The predicted octanol–water partition coefficient (Wildman–Crippen LogP) is 3.09. The molecule has 2 aromatic carbocycles. The van der Waals surface area contributed by atoms with Crippen LogP contribution in [0, 0.1) is 0 Å². The van der Waals surface area contributed by atoms with Crippen molar-refractivity contribution in [2.75, 3.05) is 30.8 Å². The van der Waals surface area contributed by atoms with Crippen molar-refractivity contribution >= 4 is 34.4 Å². The molecule has 31 heavy (non-hydrogen) atoms. The van der Waals surface area contributed by atoms with Gasteiger partial charge in [-0.1, -0.05) is 24.8 Å². The molecule has 0 spiro atoms. The number of anilines is 2. The number of aromatic nitrogens is 2. The molecule has 1 aromatic heterocycles. The van der Waals surface area contributed by atoms with Crippen LogP contribution in [-0.2, 0) is 4.79 Å². The third-order valence-corrected chi connectivity index (χ3v) is 5.18. The fourth-order valence-electron chi connectivity index (χ4n) is 3.60. The quantitative estimate of drug-likeness (QED) is 0.599. The smallest absolute Gasteiger partial charge is 0.257 e. The summed E-state index contributed by atoms with van der Waals surface area (Å²) in [7, 11) is 1.50. The second-order valence-electron chi connectivity index (χ2n) is 7.24. The first-order chi connectivity index (χ1) is 15.1. The van der Waals surface area contributed by atoms with Crippen LogP contribution in [0.5, 0.6) is 5.75 Å². The van der Waals surface area contributed by atoms with E-state index >= 15 is 0 Å². The molecule has 158 valence electrons. The number of nitrogens with zero attached hydrogens (tertiary/aromatic N) is 3. The summed E-state index contributed by atoms with van der Waals surface area (Å²) in [5, 5.41) is 6.98. The van der Waals surface area contributed by atoms with E-state index in [4.69, 9.17) is 4.74 Å². The lowest BCUT2D eigenvalue weighted by atomic mass is 10.1. The minimum atomic E-state index is -0.328. The van der Waals surface area contributed by atoms with Gasteiger partial charge in [-0.15, -0.1) is 0 Å². The molecular weight excluding hydrogens is 394 g/mol. The molecule has 1 atom stereocenters. The van der Waals surface area contributed by atoms with Crippen molar-refractivity contribution in [3.8, 4) is 5.75 Å². The van der Waals surface area contributed by atoms with E-state index in [1.807, 2.05) is 24.3 Å². The van der Waals surface area contributed by atoms with Crippen molar-refractivity contribution < 1.29 is 14.3 Å². The molecule has 2 heterocycles. The van der Waals surface area contributed by atoms with Gasteiger partial charge < -0.3 is 20.3 Å². The molecule has 4 rings (SSSR count). The van der Waals surface area contributed by atoms with E-state index in [2.05, 4.69) is 27.2 Å². The first-order valence-electron chi connectivity index (χ1n) is 9.96. The summed E-state index contributed by atoms with van der Waals surface area (Å²) in [6, 6.07) is 12.8. The van der Waals surface area contributed by atoms with Crippen LogP contribution in [0.2, 0.25) is 0 Å². The summed E-state index contributed by atoms with van der Waals surface area (Å²) >= 11 is 0. The lowest BCUT2D eigenvalue weighted by Gasteiger charge is -2.19. The van der Waals surface area contributed by atoms with Crippen molar-refractivity contribution in [3.63, 3.8) is 0 Å². The maximum atomic E-state index is 13.1. The average Bonchev–Trinajstić information content (AvgIpc) is 3.26.